The number of thiophene rings is 1. The van der Waals surface area contributed by atoms with E-state index in [1.165, 1.54) is 35.6 Å². The van der Waals surface area contributed by atoms with Crippen molar-refractivity contribution in [1.29, 1.82) is 0 Å². The number of carbonyl (C=O) groups is 1. The molecule has 1 amide bonds. The maximum atomic E-state index is 13.2. The molecular formula is C19H17FN2O3S2. The number of amides is 1. The average Bonchev–Trinajstić information content (AvgIpc) is 3.14. The quantitative estimate of drug-likeness (QED) is 0.662. The SMILES string of the molecule is NS(=O)(=O)c1ccc(CC(=O)NC(c2ccc(F)cc2)c2cccs2)cc1. The summed E-state index contributed by atoms with van der Waals surface area (Å²) < 4.78 is 35.8. The minimum Gasteiger partial charge on any atom is -0.344 e. The highest BCUT2D eigenvalue weighted by Gasteiger charge is 2.18. The van der Waals surface area contributed by atoms with Crippen LogP contribution in [0.2, 0.25) is 0 Å². The van der Waals surface area contributed by atoms with E-state index < -0.39 is 10.0 Å². The van der Waals surface area contributed by atoms with E-state index in [1.807, 2.05) is 17.5 Å². The first-order valence-electron chi connectivity index (χ1n) is 8.03. The van der Waals surface area contributed by atoms with Gasteiger partial charge < -0.3 is 5.32 Å². The van der Waals surface area contributed by atoms with Crippen LogP contribution in [0.15, 0.2) is 70.9 Å². The van der Waals surface area contributed by atoms with E-state index in [2.05, 4.69) is 5.32 Å². The number of benzene rings is 2. The Morgan fingerprint density at radius 1 is 1.07 bits per heavy atom. The molecule has 0 aliphatic heterocycles. The third-order valence-corrected chi connectivity index (χ3v) is 5.82. The fraction of sp³-hybridized carbons (Fsp3) is 0.105. The summed E-state index contributed by atoms with van der Waals surface area (Å²) in [6, 6.07) is 15.2. The number of nitrogens with one attached hydrogen (secondary N) is 1. The number of sulfonamides is 1. The molecule has 0 fully saturated rings. The second kappa shape index (κ2) is 7.99. The standard InChI is InChI=1S/C19H17FN2O3S2/c20-15-7-5-14(6-8-15)19(17-2-1-11-26-17)22-18(23)12-13-3-9-16(10-4-13)27(21,24)25/h1-11,19H,12H2,(H,22,23)(H2,21,24,25). The van der Waals surface area contributed by atoms with Crippen LogP contribution in [0.4, 0.5) is 4.39 Å². The van der Waals surface area contributed by atoms with Gasteiger partial charge in [0, 0.05) is 4.88 Å². The predicted octanol–water partition coefficient (Wildman–Crippen LogP) is 2.98. The predicted molar refractivity (Wildman–Crippen MR) is 102 cm³/mol. The van der Waals surface area contributed by atoms with Gasteiger partial charge in [0.05, 0.1) is 17.4 Å². The van der Waals surface area contributed by atoms with E-state index in [-0.39, 0.29) is 29.1 Å². The Labute approximate surface area is 160 Å². The van der Waals surface area contributed by atoms with Crippen LogP contribution in [0.25, 0.3) is 0 Å². The molecule has 1 heterocycles. The Morgan fingerprint density at radius 2 is 1.74 bits per heavy atom. The second-order valence-electron chi connectivity index (χ2n) is 5.93. The minimum absolute atomic E-state index is 0.00516. The largest absolute Gasteiger partial charge is 0.344 e. The lowest BCUT2D eigenvalue weighted by molar-refractivity contribution is -0.120. The molecule has 2 aromatic carbocycles. The van der Waals surface area contributed by atoms with E-state index in [0.29, 0.717) is 5.56 Å². The Kier molecular flexibility index (Phi) is 5.69. The van der Waals surface area contributed by atoms with Gasteiger partial charge in [-0.05, 0) is 46.8 Å². The number of halogens is 1. The first-order valence-corrected chi connectivity index (χ1v) is 10.5. The lowest BCUT2D eigenvalue weighted by Crippen LogP contribution is -2.30. The van der Waals surface area contributed by atoms with Crippen LogP contribution in [0, 0.1) is 5.82 Å². The molecule has 3 N–H and O–H groups in total. The number of carbonyl (C=O) groups excluding carboxylic acids is 1. The third-order valence-electron chi connectivity index (χ3n) is 3.95. The highest BCUT2D eigenvalue weighted by atomic mass is 32.2. The van der Waals surface area contributed by atoms with Gasteiger partial charge in [0.25, 0.3) is 0 Å². The molecule has 5 nitrogen and oxygen atoms in total. The zero-order valence-electron chi connectivity index (χ0n) is 14.1. The zero-order valence-corrected chi connectivity index (χ0v) is 15.8. The Bertz CT molecular complexity index is 1020. The molecule has 140 valence electrons. The first kappa shape index (κ1) is 19.2. The lowest BCUT2D eigenvalue weighted by atomic mass is 10.0. The molecule has 0 saturated heterocycles. The van der Waals surface area contributed by atoms with E-state index in [1.54, 1.807) is 24.3 Å². The minimum atomic E-state index is -3.77. The molecule has 0 aliphatic carbocycles. The van der Waals surface area contributed by atoms with Crippen molar-refractivity contribution in [3.8, 4) is 0 Å². The topological polar surface area (TPSA) is 89.3 Å². The molecule has 27 heavy (non-hydrogen) atoms. The molecule has 3 aromatic rings. The van der Waals surface area contributed by atoms with Crippen LogP contribution in [0.3, 0.4) is 0 Å². The number of hydrogen-bond donors (Lipinski definition) is 2. The molecule has 1 atom stereocenters. The van der Waals surface area contributed by atoms with E-state index in [9.17, 15) is 17.6 Å². The molecular weight excluding hydrogens is 387 g/mol. The molecule has 0 saturated carbocycles. The molecule has 0 radical (unpaired) electrons. The fourth-order valence-electron chi connectivity index (χ4n) is 2.62. The first-order chi connectivity index (χ1) is 12.8. The van der Waals surface area contributed by atoms with Crippen LogP contribution >= 0.6 is 11.3 Å². The summed E-state index contributed by atoms with van der Waals surface area (Å²) in [5, 5.41) is 9.93. The molecule has 0 spiro atoms. The maximum Gasteiger partial charge on any atom is 0.238 e. The molecule has 0 aliphatic rings. The van der Waals surface area contributed by atoms with Crippen molar-refractivity contribution < 1.29 is 17.6 Å². The van der Waals surface area contributed by atoms with Crippen molar-refractivity contribution in [1.82, 2.24) is 5.32 Å². The van der Waals surface area contributed by atoms with E-state index in [4.69, 9.17) is 5.14 Å². The zero-order chi connectivity index (χ0) is 19.4. The Balaban J connectivity index is 1.76. The van der Waals surface area contributed by atoms with Crippen molar-refractivity contribution in [3.05, 3.63) is 87.9 Å². The molecule has 8 heteroatoms. The second-order valence-corrected chi connectivity index (χ2v) is 8.47. The van der Waals surface area contributed by atoms with E-state index in [0.717, 1.165) is 10.4 Å². The van der Waals surface area contributed by atoms with Crippen molar-refractivity contribution in [2.75, 3.05) is 0 Å². The third kappa shape index (κ3) is 5.00. The van der Waals surface area contributed by atoms with Crippen LogP contribution in [-0.2, 0) is 21.2 Å². The number of rotatable bonds is 6. The van der Waals surface area contributed by atoms with Gasteiger partial charge in [-0.1, -0.05) is 30.3 Å². The van der Waals surface area contributed by atoms with Gasteiger partial charge >= 0.3 is 0 Å². The molecule has 1 unspecified atom stereocenters. The van der Waals surface area contributed by atoms with Gasteiger partial charge in [0.2, 0.25) is 15.9 Å². The van der Waals surface area contributed by atoms with Crippen LogP contribution < -0.4 is 10.5 Å². The molecule has 0 bridgehead atoms. The summed E-state index contributed by atoms with van der Waals surface area (Å²) in [7, 11) is -3.77. The summed E-state index contributed by atoms with van der Waals surface area (Å²) in [4.78, 5) is 13.4. The van der Waals surface area contributed by atoms with Crippen molar-refractivity contribution in [3.63, 3.8) is 0 Å². The maximum absolute atomic E-state index is 13.2. The van der Waals surface area contributed by atoms with Gasteiger partial charge in [0.1, 0.15) is 5.82 Å². The summed E-state index contributed by atoms with van der Waals surface area (Å²) in [6.45, 7) is 0. The van der Waals surface area contributed by atoms with Gasteiger partial charge in [-0.3, -0.25) is 4.79 Å². The van der Waals surface area contributed by atoms with Crippen molar-refractivity contribution >= 4 is 27.3 Å². The summed E-state index contributed by atoms with van der Waals surface area (Å²) in [5.74, 6) is -0.578. The summed E-state index contributed by atoms with van der Waals surface area (Å²) in [5.41, 5.74) is 1.43. The van der Waals surface area contributed by atoms with Crippen LogP contribution in [-0.4, -0.2) is 14.3 Å². The Hall–Kier alpha value is -2.55. The van der Waals surface area contributed by atoms with Crippen molar-refractivity contribution in [2.24, 2.45) is 5.14 Å². The highest BCUT2D eigenvalue weighted by Crippen LogP contribution is 2.26. The number of hydrogen-bond acceptors (Lipinski definition) is 4. The Morgan fingerprint density at radius 3 is 2.30 bits per heavy atom. The monoisotopic (exact) mass is 404 g/mol. The summed E-state index contributed by atoms with van der Waals surface area (Å²) >= 11 is 1.49. The average molecular weight is 404 g/mol. The van der Waals surface area contributed by atoms with Gasteiger partial charge in [-0.15, -0.1) is 11.3 Å². The molecule has 3 rings (SSSR count). The van der Waals surface area contributed by atoms with Crippen LogP contribution in [0.5, 0.6) is 0 Å². The highest BCUT2D eigenvalue weighted by molar-refractivity contribution is 7.89. The summed E-state index contributed by atoms with van der Waals surface area (Å²) in [6.07, 6.45) is 0.0774. The van der Waals surface area contributed by atoms with Gasteiger partial charge in [-0.2, -0.15) is 0 Å². The van der Waals surface area contributed by atoms with Crippen molar-refractivity contribution in [2.45, 2.75) is 17.4 Å². The fourth-order valence-corrected chi connectivity index (χ4v) is 3.94. The van der Waals surface area contributed by atoms with Gasteiger partial charge in [-0.25, -0.2) is 17.9 Å². The number of nitrogens with two attached hydrogens (primary N) is 1. The normalized spacial score (nSPS) is 12.5. The molecule has 1 aromatic heterocycles. The van der Waals surface area contributed by atoms with E-state index >= 15 is 0 Å². The smallest absolute Gasteiger partial charge is 0.238 e. The number of primary sulfonamides is 1. The lowest BCUT2D eigenvalue weighted by Gasteiger charge is -2.18. The van der Waals surface area contributed by atoms with Gasteiger partial charge in [0.15, 0.2) is 0 Å². The van der Waals surface area contributed by atoms with Crippen LogP contribution in [0.1, 0.15) is 22.0 Å².